The lowest BCUT2D eigenvalue weighted by Crippen LogP contribution is -1.81. The summed E-state index contributed by atoms with van der Waals surface area (Å²) in [5.74, 6) is 0.0510. The fraction of sp³-hybridized carbons (Fsp3) is 0.100. The second kappa shape index (κ2) is 4.12. The predicted octanol–water partition coefficient (Wildman–Crippen LogP) is 2.74. The lowest BCUT2D eigenvalue weighted by molar-refractivity contribution is 0.229. The van der Waals surface area contributed by atoms with Gasteiger partial charge in [0.15, 0.2) is 5.76 Å². The Bertz CT molecular complexity index is 484. The molecule has 1 heterocycles. The van der Waals surface area contributed by atoms with Gasteiger partial charge in [-0.2, -0.15) is 0 Å². The van der Waals surface area contributed by atoms with Gasteiger partial charge in [0, 0.05) is 11.6 Å². The van der Waals surface area contributed by atoms with E-state index in [0.717, 1.165) is 5.56 Å². The van der Waals surface area contributed by atoms with Crippen LogP contribution >= 0.6 is 15.9 Å². The van der Waals surface area contributed by atoms with E-state index in [2.05, 4.69) is 21.1 Å². The van der Waals surface area contributed by atoms with Gasteiger partial charge in [0.1, 0.15) is 18.1 Å². The van der Waals surface area contributed by atoms with Gasteiger partial charge in [0.2, 0.25) is 0 Å². The lowest BCUT2D eigenvalue weighted by Gasteiger charge is -1.97. The van der Waals surface area contributed by atoms with E-state index >= 15 is 0 Å². The Morgan fingerprint density at radius 1 is 1.40 bits per heavy atom. The summed E-state index contributed by atoms with van der Waals surface area (Å²) < 4.78 is 18.2. The van der Waals surface area contributed by atoms with Gasteiger partial charge in [0.25, 0.3) is 0 Å². The van der Waals surface area contributed by atoms with E-state index in [0.29, 0.717) is 15.9 Å². The van der Waals surface area contributed by atoms with Crippen molar-refractivity contribution >= 4 is 15.9 Å². The topological polar surface area (TPSA) is 46.3 Å². The summed E-state index contributed by atoms with van der Waals surface area (Å²) in [5, 5.41) is 12.5. The number of aromatic nitrogens is 1. The van der Waals surface area contributed by atoms with Crippen molar-refractivity contribution in [3.05, 3.63) is 40.3 Å². The highest BCUT2D eigenvalue weighted by Gasteiger charge is 2.07. The Labute approximate surface area is 93.6 Å². The second-order valence-corrected chi connectivity index (χ2v) is 3.82. The number of hydrogen-bond donors (Lipinski definition) is 1. The van der Waals surface area contributed by atoms with Crippen LogP contribution in [0.25, 0.3) is 11.3 Å². The van der Waals surface area contributed by atoms with Crippen LogP contribution in [0.5, 0.6) is 0 Å². The SMILES string of the molecule is OCc1cc(-c2ccc(F)c(Br)c2)no1. The average molecular weight is 272 g/mol. The molecule has 5 heteroatoms. The summed E-state index contributed by atoms with van der Waals surface area (Å²) in [4.78, 5) is 0. The largest absolute Gasteiger partial charge is 0.388 e. The number of benzene rings is 1. The molecule has 0 radical (unpaired) electrons. The summed E-state index contributed by atoms with van der Waals surface area (Å²) in [6, 6.07) is 6.15. The van der Waals surface area contributed by atoms with Crippen molar-refractivity contribution in [2.45, 2.75) is 6.61 Å². The van der Waals surface area contributed by atoms with Crippen molar-refractivity contribution < 1.29 is 14.0 Å². The molecule has 0 saturated heterocycles. The zero-order valence-corrected chi connectivity index (χ0v) is 9.16. The number of rotatable bonds is 2. The molecule has 0 bridgehead atoms. The Morgan fingerprint density at radius 3 is 2.80 bits per heavy atom. The van der Waals surface area contributed by atoms with Gasteiger partial charge in [-0.25, -0.2) is 4.39 Å². The molecule has 2 aromatic rings. The Kier molecular flexibility index (Phi) is 2.83. The van der Waals surface area contributed by atoms with Gasteiger partial charge < -0.3 is 9.63 Å². The molecule has 1 N–H and O–H groups in total. The first-order chi connectivity index (χ1) is 7.20. The molecule has 3 nitrogen and oxygen atoms in total. The van der Waals surface area contributed by atoms with Crippen LogP contribution in [-0.2, 0) is 6.61 Å². The molecule has 1 aromatic carbocycles. The van der Waals surface area contributed by atoms with Crippen LogP contribution in [0.15, 0.2) is 33.3 Å². The minimum absolute atomic E-state index is 0.199. The van der Waals surface area contributed by atoms with E-state index in [4.69, 9.17) is 9.63 Å². The number of hydrogen-bond acceptors (Lipinski definition) is 3. The highest BCUT2D eigenvalue weighted by molar-refractivity contribution is 9.10. The maximum atomic E-state index is 13.0. The fourth-order valence-electron chi connectivity index (χ4n) is 1.18. The molecular weight excluding hydrogens is 265 g/mol. The van der Waals surface area contributed by atoms with Gasteiger partial charge in [-0.05, 0) is 34.1 Å². The third-order valence-electron chi connectivity index (χ3n) is 1.93. The molecule has 0 aliphatic carbocycles. The Morgan fingerprint density at radius 2 is 2.20 bits per heavy atom. The first kappa shape index (κ1) is 10.3. The van der Waals surface area contributed by atoms with Crippen molar-refractivity contribution in [3.63, 3.8) is 0 Å². The van der Waals surface area contributed by atoms with Crippen LogP contribution in [0.2, 0.25) is 0 Å². The highest BCUT2D eigenvalue weighted by atomic mass is 79.9. The molecule has 0 spiro atoms. The minimum Gasteiger partial charge on any atom is -0.388 e. The zero-order chi connectivity index (χ0) is 10.8. The number of halogens is 2. The third kappa shape index (κ3) is 2.08. The van der Waals surface area contributed by atoms with Gasteiger partial charge in [-0.15, -0.1) is 0 Å². The van der Waals surface area contributed by atoms with Gasteiger partial charge in [-0.3, -0.25) is 0 Å². The molecule has 15 heavy (non-hydrogen) atoms. The summed E-state index contributed by atoms with van der Waals surface area (Å²) in [6.07, 6.45) is 0. The first-order valence-electron chi connectivity index (χ1n) is 4.22. The summed E-state index contributed by atoms with van der Waals surface area (Å²) in [5.41, 5.74) is 1.30. The van der Waals surface area contributed by atoms with Crippen LogP contribution in [0, 0.1) is 5.82 Å². The molecular formula is C10H7BrFNO2. The summed E-state index contributed by atoms with van der Waals surface area (Å²) in [7, 11) is 0. The van der Waals surface area contributed by atoms with Crippen LogP contribution in [0.3, 0.4) is 0 Å². The second-order valence-electron chi connectivity index (χ2n) is 2.97. The van der Waals surface area contributed by atoms with Crippen LogP contribution < -0.4 is 0 Å². The van der Waals surface area contributed by atoms with E-state index in [-0.39, 0.29) is 12.4 Å². The Balaban J connectivity index is 2.40. The maximum absolute atomic E-state index is 13.0. The van der Waals surface area contributed by atoms with Gasteiger partial charge >= 0.3 is 0 Å². The van der Waals surface area contributed by atoms with E-state index in [1.54, 1.807) is 18.2 Å². The Hall–Kier alpha value is -1.20. The number of aliphatic hydroxyl groups excluding tert-OH is 1. The summed E-state index contributed by atoms with van der Waals surface area (Å²) >= 11 is 3.08. The molecule has 2 rings (SSSR count). The van der Waals surface area contributed by atoms with Crippen LogP contribution in [-0.4, -0.2) is 10.3 Å². The standard InChI is InChI=1S/C10H7BrFNO2/c11-8-3-6(1-2-9(8)12)10-4-7(5-14)15-13-10/h1-4,14H,5H2. The number of aliphatic hydroxyl groups is 1. The molecule has 0 unspecified atom stereocenters. The molecule has 0 aliphatic rings. The average Bonchev–Trinajstić information content (AvgIpc) is 2.70. The zero-order valence-electron chi connectivity index (χ0n) is 7.58. The molecule has 0 saturated carbocycles. The monoisotopic (exact) mass is 271 g/mol. The van der Waals surface area contributed by atoms with E-state index < -0.39 is 0 Å². The van der Waals surface area contributed by atoms with Crippen LogP contribution in [0.4, 0.5) is 4.39 Å². The van der Waals surface area contributed by atoms with Crippen molar-refractivity contribution in [2.75, 3.05) is 0 Å². The first-order valence-corrected chi connectivity index (χ1v) is 5.02. The normalized spacial score (nSPS) is 10.6. The molecule has 1 aromatic heterocycles. The molecule has 78 valence electrons. The molecule has 0 amide bonds. The third-order valence-corrected chi connectivity index (χ3v) is 2.54. The van der Waals surface area contributed by atoms with E-state index in [9.17, 15) is 4.39 Å². The van der Waals surface area contributed by atoms with Crippen molar-refractivity contribution in [3.8, 4) is 11.3 Å². The van der Waals surface area contributed by atoms with Gasteiger partial charge in [0.05, 0.1) is 4.47 Å². The lowest BCUT2D eigenvalue weighted by atomic mass is 10.1. The smallest absolute Gasteiger partial charge is 0.162 e. The van der Waals surface area contributed by atoms with Crippen molar-refractivity contribution in [2.24, 2.45) is 0 Å². The summed E-state index contributed by atoms with van der Waals surface area (Å²) in [6.45, 7) is -0.199. The molecule has 0 aliphatic heterocycles. The molecule has 0 atom stereocenters. The predicted molar refractivity (Wildman–Crippen MR) is 55.5 cm³/mol. The van der Waals surface area contributed by atoms with Crippen molar-refractivity contribution in [1.29, 1.82) is 0 Å². The van der Waals surface area contributed by atoms with Crippen molar-refractivity contribution in [1.82, 2.24) is 5.16 Å². The fourth-order valence-corrected chi connectivity index (χ4v) is 1.56. The maximum Gasteiger partial charge on any atom is 0.162 e. The quantitative estimate of drug-likeness (QED) is 0.914. The minimum atomic E-state index is -0.329. The van der Waals surface area contributed by atoms with Crippen LogP contribution in [0.1, 0.15) is 5.76 Å². The van der Waals surface area contributed by atoms with E-state index in [1.165, 1.54) is 6.07 Å². The van der Waals surface area contributed by atoms with E-state index in [1.807, 2.05) is 0 Å². The van der Waals surface area contributed by atoms with Gasteiger partial charge in [-0.1, -0.05) is 5.16 Å². The highest BCUT2D eigenvalue weighted by Crippen LogP contribution is 2.24. The number of nitrogens with zero attached hydrogens (tertiary/aromatic N) is 1. The molecule has 0 fully saturated rings.